The van der Waals surface area contributed by atoms with Gasteiger partial charge in [-0.2, -0.15) is 0 Å². The van der Waals surface area contributed by atoms with E-state index < -0.39 is 12.1 Å². The Kier molecular flexibility index (Phi) is 4.16. The maximum Gasteiger partial charge on any atom is 0.332 e. The molecule has 19 heavy (non-hydrogen) atoms. The minimum atomic E-state index is -0.968. The second-order valence-electron chi connectivity index (χ2n) is 4.28. The number of rotatable bonds is 6. The number of carboxylic acids is 1. The number of aliphatic carboxylic acids is 1. The maximum absolute atomic E-state index is 13.2. The van der Waals surface area contributed by atoms with Crippen molar-refractivity contribution in [2.24, 2.45) is 0 Å². The largest absolute Gasteiger partial charge is 0.479 e. The zero-order valence-electron chi connectivity index (χ0n) is 10.7. The highest BCUT2D eigenvalue weighted by Gasteiger charge is 2.17. The topological polar surface area (TPSA) is 51.5 Å². The van der Waals surface area contributed by atoms with E-state index in [0.717, 1.165) is 10.9 Å². The van der Waals surface area contributed by atoms with Gasteiger partial charge in [0.2, 0.25) is 0 Å². The van der Waals surface area contributed by atoms with Crippen LogP contribution in [0.4, 0.5) is 4.39 Å². The molecule has 0 radical (unpaired) electrons. The molecule has 0 fully saturated rings. The van der Waals surface area contributed by atoms with Gasteiger partial charge in [-0.25, -0.2) is 9.18 Å². The zero-order valence-corrected chi connectivity index (χ0v) is 10.7. The lowest BCUT2D eigenvalue weighted by Crippen LogP contribution is -2.25. The SMILES string of the molecule is CCOC(CCn1ccc2ccc(F)cc21)C(=O)O. The van der Waals surface area contributed by atoms with E-state index in [4.69, 9.17) is 9.84 Å². The van der Waals surface area contributed by atoms with Crippen molar-refractivity contribution < 1.29 is 19.0 Å². The standard InChI is InChI=1S/C14H16FNO3/c1-2-19-13(14(17)18)6-8-16-7-5-10-3-4-11(15)9-12(10)16/h3-5,7,9,13H,2,6,8H2,1H3,(H,17,18). The van der Waals surface area contributed by atoms with E-state index in [-0.39, 0.29) is 5.82 Å². The van der Waals surface area contributed by atoms with Crippen LogP contribution in [0.1, 0.15) is 13.3 Å². The molecule has 1 aromatic heterocycles. The van der Waals surface area contributed by atoms with Crippen LogP contribution in [-0.2, 0) is 16.1 Å². The number of halogens is 1. The molecule has 0 bridgehead atoms. The van der Waals surface area contributed by atoms with Crippen LogP contribution >= 0.6 is 0 Å². The summed E-state index contributed by atoms with van der Waals surface area (Å²) >= 11 is 0. The lowest BCUT2D eigenvalue weighted by atomic mass is 10.2. The molecule has 0 aliphatic heterocycles. The fourth-order valence-corrected chi connectivity index (χ4v) is 2.09. The highest BCUT2D eigenvalue weighted by atomic mass is 19.1. The molecule has 2 aromatic rings. The summed E-state index contributed by atoms with van der Waals surface area (Å²) in [7, 11) is 0. The fourth-order valence-electron chi connectivity index (χ4n) is 2.09. The Morgan fingerprint density at radius 1 is 1.47 bits per heavy atom. The van der Waals surface area contributed by atoms with Gasteiger partial charge >= 0.3 is 5.97 Å². The average molecular weight is 265 g/mol. The summed E-state index contributed by atoms with van der Waals surface area (Å²) in [5.74, 6) is -1.27. The van der Waals surface area contributed by atoms with Crippen LogP contribution in [-0.4, -0.2) is 28.4 Å². The molecule has 2 rings (SSSR count). The molecule has 0 aliphatic carbocycles. The molecule has 1 atom stereocenters. The molecule has 4 nitrogen and oxygen atoms in total. The minimum Gasteiger partial charge on any atom is -0.479 e. The smallest absolute Gasteiger partial charge is 0.332 e. The van der Waals surface area contributed by atoms with Crippen LogP contribution in [0.15, 0.2) is 30.5 Å². The molecule has 0 spiro atoms. The van der Waals surface area contributed by atoms with Gasteiger partial charge in [-0.3, -0.25) is 0 Å². The normalized spacial score (nSPS) is 12.7. The Morgan fingerprint density at radius 3 is 2.95 bits per heavy atom. The van der Waals surface area contributed by atoms with Gasteiger partial charge in [0, 0.05) is 25.8 Å². The van der Waals surface area contributed by atoms with E-state index >= 15 is 0 Å². The van der Waals surface area contributed by atoms with Gasteiger partial charge in [-0.05, 0) is 36.6 Å². The molecule has 0 saturated carbocycles. The highest BCUT2D eigenvalue weighted by molar-refractivity contribution is 5.80. The molecule has 0 saturated heterocycles. The van der Waals surface area contributed by atoms with Gasteiger partial charge < -0.3 is 14.4 Å². The lowest BCUT2D eigenvalue weighted by Gasteiger charge is -2.13. The molecular weight excluding hydrogens is 249 g/mol. The van der Waals surface area contributed by atoms with Gasteiger partial charge in [0.1, 0.15) is 5.82 Å². The average Bonchev–Trinajstić information content (AvgIpc) is 2.76. The monoisotopic (exact) mass is 265 g/mol. The summed E-state index contributed by atoms with van der Waals surface area (Å²) < 4.78 is 20.2. The van der Waals surface area contributed by atoms with Gasteiger partial charge in [0.05, 0.1) is 5.52 Å². The predicted octanol–water partition coefficient (Wildman–Crippen LogP) is 2.66. The first-order valence-corrected chi connectivity index (χ1v) is 6.20. The fraction of sp³-hybridized carbons (Fsp3) is 0.357. The number of aryl methyl sites for hydroxylation is 1. The molecule has 5 heteroatoms. The molecule has 1 aromatic carbocycles. The van der Waals surface area contributed by atoms with Crippen molar-refractivity contribution in [3.63, 3.8) is 0 Å². The van der Waals surface area contributed by atoms with E-state index in [9.17, 15) is 9.18 Å². The molecule has 0 amide bonds. The highest BCUT2D eigenvalue weighted by Crippen LogP contribution is 2.18. The van der Waals surface area contributed by atoms with Crippen molar-refractivity contribution in [1.82, 2.24) is 4.57 Å². The van der Waals surface area contributed by atoms with Crippen molar-refractivity contribution in [3.05, 3.63) is 36.3 Å². The second kappa shape index (κ2) is 5.84. The summed E-state index contributed by atoms with van der Waals surface area (Å²) in [5.41, 5.74) is 0.764. The van der Waals surface area contributed by atoms with Crippen LogP contribution < -0.4 is 0 Å². The van der Waals surface area contributed by atoms with Crippen molar-refractivity contribution in [1.29, 1.82) is 0 Å². The quantitative estimate of drug-likeness (QED) is 0.873. The number of hydrogen-bond donors (Lipinski definition) is 1. The first kappa shape index (κ1) is 13.5. The maximum atomic E-state index is 13.2. The van der Waals surface area contributed by atoms with Crippen molar-refractivity contribution in [2.75, 3.05) is 6.61 Å². The van der Waals surface area contributed by atoms with Gasteiger partial charge in [-0.15, -0.1) is 0 Å². The number of hydrogen-bond acceptors (Lipinski definition) is 2. The third-order valence-corrected chi connectivity index (χ3v) is 3.01. The van der Waals surface area contributed by atoms with Crippen molar-refractivity contribution >= 4 is 16.9 Å². The van der Waals surface area contributed by atoms with E-state index in [0.29, 0.717) is 19.6 Å². The molecule has 0 aliphatic rings. The van der Waals surface area contributed by atoms with Crippen molar-refractivity contribution in [2.45, 2.75) is 26.0 Å². The minimum absolute atomic E-state index is 0.299. The third kappa shape index (κ3) is 3.12. The summed E-state index contributed by atoms with van der Waals surface area (Å²) in [4.78, 5) is 11.0. The van der Waals surface area contributed by atoms with E-state index in [2.05, 4.69) is 0 Å². The molecule has 1 unspecified atom stereocenters. The molecule has 1 N–H and O–H groups in total. The van der Waals surface area contributed by atoms with Crippen LogP contribution in [0.25, 0.3) is 10.9 Å². The number of fused-ring (bicyclic) bond motifs is 1. The number of benzene rings is 1. The van der Waals surface area contributed by atoms with E-state index in [1.165, 1.54) is 12.1 Å². The Bertz CT molecular complexity index is 579. The van der Waals surface area contributed by atoms with Gasteiger partial charge in [0.25, 0.3) is 0 Å². The number of carbonyl (C=O) groups is 1. The van der Waals surface area contributed by atoms with Crippen molar-refractivity contribution in [3.8, 4) is 0 Å². The van der Waals surface area contributed by atoms with Crippen LogP contribution in [0.3, 0.4) is 0 Å². The Hall–Kier alpha value is -1.88. The predicted molar refractivity (Wildman–Crippen MR) is 69.6 cm³/mol. The van der Waals surface area contributed by atoms with E-state index in [1.54, 1.807) is 13.0 Å². The lowest BCUT2D eigenvalue weighted by molar-refractivity contribution is -0.150. The summed E-state index contributed by atoms with van der Waals surface area (Å²) in [6, 6.07) is 6.45. The summed E-state index contributed by atoms with van der Waals surface area (Å²) in [5, 5.41) is 9.93. The summed E-state index contributed by atoms with van der Waals surface area (Å²) in [6.07, 6.45) is 1.36. The zero-order chi connectivity index (χ0) is 13.8. The third-order valence-electron chi connectivity index (χ3n) is 3.01. The second-order valence-corrected chi connectivity index (χ2v) is 4.28. The number of aromatic nitrogens is 1. The number of nitrogens with zero attached hydrogens (tertiary/aromatic N) is 1. The molecular formula is C14H16FNO3. The van der Waals surface area contributed by atoms with Crippen LogP contribution in [0.5, 0.6) is 0 Å². The summed E-state index contributed by atoms with van der Waals surface area (Å²) in [6.45, 7) is 2.60. The van der Waals surface area contributed by atoms with E-state index in [1.807, 2.05) is 16.8 Å². The van der Waals surface area contributed by atoms with Gasteiger partial charge in [0.15, 0.2) is 6.10 Å². The van der Waals surface area contributed by atoms with Crippen LogP contribution in [0.2, 0.25) is 0 Å². The Labute approximate surface area is 110 Å². The first-order chi connectivity index (χ1) is 9.11. The van der Waals surface area contributed by atoms with Gasteiger partial charge in [-0.1, -0.05) is 0 Å². The molecule has 1 heterocycles. The van der Waals surface area contributed by atoms with Crippen LogP contribution in [0, 0.1) is 5.82 Å². The Balaban J connectivity index is 2.12. The Morgan fingerprint density at radius 2 is 2.26 bits per heavy atom. The number of carboxylic acid groups (broad SMARTS) is 1. The number of ether oxygens (including phenoxy) is 1. The molecule has 102 valence electrons. The first-order valence-electron chi connectivity index (χ1n) is 6.20.